The SMILES string of the molecule is COCCN(Cc1ccc(C)cc1)Cc1c2ccccc2nn1C. The van der Waals surface area contributed by atoms with Crippen LogP contribution in [0.2, 0.25) is 0 Å². The predicted molar refractivity (Wildman–Crippen MR) is 97.9 cm³/mol. The fraction of sp³-hybridized carbons (Fsp3) is 0.350. The molecule has 0 amide bonds. The molecule has 126 valence electrons. The van der Waals surface area contributed by atoms with Gasteiger partial charge in [0.25, 0.3) is 0 Å². The van der Waals surface area contributed by atoms with E-state index in [1.54, 1.807) is 7.11 Å². The monoisotopic (exact) mass is 323 g/mol. The molecule has 24 heavy (non-hydrogen) atoms. The molecule has 3 aromatic rings. The molecule has 0 unspecified atom stereocenters. The Labute approximate surface area is 143 Å². The third-order valence-electron chi connectivity index (χ3n) is 4.38. The Kier molecular flexibility index (Phi) is 5.28. The van der Waals surface area contributed by atoms with Gasteiger partial charge < -0.3 is 4.74 Å². The van der Waals surface area contributed by atoms with Crippen molar-refractivity contribution >= 4 is 10.9 Å². The van der Waals surface area contributed by atoms with E-state index >= 15 is 0 Å². The minimum Gasteiger partial charge on any atom is -0.383 e. The lowest BCUT2D eigenvalue weighted by molar-refractivity contribution is 0.138. The van der Waals surface area contributed by atoms with Gasteiger partial charge in [0.2, 0.25) is 0 Å². The molecule has 0 aliphatic heterocycles. The van der Waals surface area contributed by atoms with E-state index in [4.69, 9.17) is 4.74 Å². The second-order valence-electron chi connectivity index (χ2n) is 6.28. The van der Waals surface area contributed by atoms with Crippen molar-refractivity contribution in [3.63, 3.8) is 0 Å². The molecule has 0 radical (unpaired) electrons. The van der Waals surface area contributed by atoms with Crippen LogP contribution in [0, 0.1) is 6.92 Å². The smallest absolute Gasteiger partial charge is 0.0926 e. The van der Waals surface area contributed by atoms with Crippen LogP contribution >= 0.6 is 0 Å². The molecular weight excluding hydrogens is 298 g/mol. The van der Waals surface area contributed by atoms with Crippen LogP contribution in [0.4, 0.5) is 0 Å². The van der Waals surface area contributed by atoms with Gasteiger partial charge in [-0.2, -0.15) is 5.10 Å². The molecular formula is C20H25N3O. The van der Waals surface area contributed by atoms with Crippen molar-refractivity contribution in [1.29, 1.82) is 0 Å². The summed E-state index contributed by atoms with van der Waals surface area (Å²) in [4.78, 5) is 2.41. The second-order valence-corrected chi connectivity index (χ2v) is 6.28. The van der Waals surface area contributed by atoms with E-state index in [2.05, 4.69) is 59.4 Å². The van der Waals surface area contributed by atoms with E-state index in [-0.39, 0.29) is 0 Å². The summed E-state index contributed by atoms with van der Waals surface area (Å²) in [5.41, 5.74) is 4.91. The first-order valence-electron chi connectivity index (χ1n) is 8.35. The summed E-state index contributed by atoms with van der Waals surface area (Å²) in [7, 11) is 3.78. The van der Waals surface area contributed by atoms with Gasteiger partial charge in [-0.15, -0.1) is 0 Å². The molecule has 0 N–H and O–H groups in total. The van der Waals surface area contributed by atoms with E-state index in [0.717, 1.165) is 31.8 Å². The summed E-state index contributed by atoms with van der Waals surface area (Å²) < 4.78 is 7.30. The van der Waals surface area contributed by atoms with Gasteiger partial charge >= 0.3 is 0 Å². The second kappa shape index (κ2) is 7.60. The van der Waals surface area contributed by atoms with E-state index in [9.17, 15) is 0 Å². The number of hydrogen-bond donors (Lipinski definition) is 0. The third kappa shape index (κ3) is 3.83. The number of nitrogens with zero attached hydrogens (tertiary/aromatic N) is 3. The molecule has 0 saturated heterocycles. The van der Waals surface area contributed by atoms with Gasteiger partial charge in [-0.25, -0.2) is 0 Å². The quantitative estimate of drug-likeness (QED) is 0.666. The molecule has 0 spiro atoms. The zero-order chi connectivity index (χ0) is 16.9. The van der Waals surface area contributed by atoms with Crippen LogP contribution < -0.4 is 0 Å². The molecule has 0 aliphatic rings. The van der Waals surface area contributed by atoms with E-state index in [1.807, 2.05) is 17.8 Å². The molecule has 2 aromatic carbocycles. The molecule has 1 heterocycles. The van der Waals surface area contributed by atoms with Gasteiger partial charge in [-0.1, -0.05) is 48.0 Å². The first kappa shape index (κ1) is 16.7. The molecule has 3 rings (SSSR count). The van der Waals surface area contributed by atoms with Gasteiger partial charge in [0.1, 0.15) is 0 Å². The maximum atomic E-state index is 5.30. The molecule has 1 aromatic heterocycles. The number of hydrogen-bond acceptors (Lipinski definition) is 3. The van der Waals surface area contributed by atoms with Gasteiger partial charge in [0.15, 0.2) is 0 Å². The molecule has 0 fully saturated rings. The maximum absolute atomic E-state index is 5.30. The van der Waals surface area contributed by atoms with Gasteiger partial charge in [0.05, 0.1) is 17.8 Å². The lowest BCUT2D eigenvalue weighted by Crippen LogP contribution is -2.27. The minimum absolute atomic E-state index is 0.724. The summed E-state index contributed by atoms with van der Waals surface area (Å²) in [6.45, 7) is 5.50. The van der Waals surface area contributed by atoms with E-state index < -0.39 is 0 Å². The Balaban J connectivity index is 1.82. The van der Waals surface area contributed by atoms with Crippen LogP contribution in [-0.2, 0) is 24.9 Å². The van der Waals surface area contributed by atoms with E-state index in [1.165, 1.54) is 22.2 Å². The largest absolute Gasteiger partial charge is 0.383 e. The van der Waals surface area contributed by atoms with Crippen molar-refractivity contribution in [2.45, 2.75) is 20.0 Å². The molecule has 0 aliphatic carbocycles. The van der Waals surface area contributed by atoms with Crippen LogP contribution in [0.15, 0.2) is 48.5 Å². The zero-order valence-electron chi connectivity index (χ0n) is 14.7. The molecule has 4 heteroatoms. The average Bonchev–Trinajstić information content (AvgIpc) is 2.90. The topological polar surface area (TPSA) is 30.3 Å². The number of rotatable bonds is 7. The Morgan fingerprint density at radius 3 is 2.54 bits per heavy atom. The Hall–Kier alpha value is -2.17. The van der Waals surface area contributed by atoms with Crippen molar-refractivity contribution in [3.8, 4) is 0 Å². The summed E-state index contributed by atoms with van der Waals surface area (Å²) in [6.07, 6.45) is 0. The number of fused-ring (bicyclic) bond motifs is 1. The number of aromatic nitrogens is 2. The fourth-order valence-electron chi connectivity index (χ4n) is 2.99. The fourth-order valence-corrected chi connectivity index (χ4v) is 2.99. The van der Waals surface area contributed by atoms with Gasteiger partial charge in [-0.3, -0.25) is 9.58 Å². The number of ether oxygens (including phenoxy) is 1. The Bertz CT molecular complexity index is 792. The van der Waals surface area contributed by atoms with Gasteiger partial charge in [-0.05, 0) is 18.6 Å². The predicted octanol–water partition coefficient (Wildman–Crippen LogP) is 3.53. The van der Waals surface area contributed by atoms with E-state index in [0.29, 0.717) is 0 Å². The maximum Gasteiger partial charge on any atom is 0.0926 e. The highest BCUT2D eigenvalue weighted by atomic mass is 16.5. The lowest BCUT2D eigenvalue weighted by atomic mass is 10.1. The molecule has 0 bridgehead atoms. The summed E-state index contributed by atoms with van der Waals surface area (Å²) in [5.74, 6) is 0. The average molecular weight is 323 g/mol. The molecule has 0 atom stereocenters. The first-order chi connectivity index (χ1) is 11.7. The van der Waals surface area contributed by atoms with Crippen molar-refractivity contribution in [2.24, 2.45) is 7.05 Å². The van der Waals surface area contributed by atoms with Crippen LogP contribution in [-0.4, -0.2) is 34.9 Å². The molecule has 4 nitrogen and oxygen atoms in total. The third-order valence-corrected chi connectivity index (χ3v) is 4.38. The Morgan fingerprint density at radius 2 is 1.79 bits per heavy atom. The molecule has 0 saturated carbocycles. The standard InChI is InChI=1S/C20H25N3O/c1-16-8-10-17(11-9-16)14-23(12-13-24-3)15-20-18-6-4-5-7-19(18)21-22(20)2/h4-11H,12-15H2,1-3H3. The Morgan fingerprint density at radius 1 is 1.04 bits per heavy atom. The first-order valence-corrected chi connectivity index (χ1v) is 8.35. The zero-order valence-corrected chi connectivity index (χ0v) is 14.7. The minimum atomic E-state index is 0.724. The van der Waals surface area contributed by atoms with Crippen LogP contribution in [0.1, 0.15) is 16.8 Å². The highest BCUT2D eigenvalue weighted by molar-refractivity contribution is 5.81. The van der Waals surface area contributed by atoms with Crippen molar-refractivity contribution in [2.75, 3.05) is 20.3 Å². The summed E-state index contributed by atoms with van der Waals surface area (Å²) in [5, 5.41) is 5.85. The number of benzene rings is 2. The van der Waals surface area contributed by atoms with Crippen molar-refractivity contribution in [1.82, 2.24) is 14.7 Å². The lowest BCUT2D eigenvalue weighted by Gasteiger charge is -2.22. The number of aryl methyl sites for hydroxylation is 2. The van der Waals surface area contributed by atoms with Crippen molar-refractivity contribution < 1.29 is 4.74 Å². The van der Waals surface area contributed by atoms with Crippen LogP contribution in [0.3, 0.4) is 0 Å². The van der Waals surface area contributed by atoms with Gasteiger partial charge in [0, 0.05) is 39.2 Å². The highest BCUT2D eigenvalue weighted by Crippen LogP contribution is 2.20. The summed E-state index contributed by atoms with van der Waals surface area (Å²) >= 11 is 0. The van der Waals surface area contributed by atoms with Crippen LogP contribution in [0.25, 0.3) is 10.9 Å². The summed E-state index contributed by atoms with van der Waals surface area (Å²) in [6, 6.07) is 17.1. The highest BCUT2D eigenvalue weighted by Gasteiger charge is 2.13. The van der Waals surface area contributed by atoms with Crippen molar-refractivity contribution in [3.05, 3.63) is 65.4 Å². The normalized spacial score (nSPS) is 11.5. The van der Waals surface area contributed by atoms with Crippen LogP contribution in [0.5, 0.6) is 0 Å². The number of methoxy groups -OCH3 is 1.